The van der Waals surface area contributed by atoms with Gasteiger partial charge >= 0.3 is 6.03 Å². The third-order valence-electron chi connectivity index (χ3n) is 6.07. The molecule has 2 amide bonds. The summed E-state index contributed by atoms with van der Waals surface area (Å²) in [4.78, 5) is 17.2. The quantitative estimate of drug-likeness (QED) is 0.802. The fraction of sp³-hybridized carbons (Fsp3) is 0.938. The lowest BCUT2D eigenvalue weighted by molar-refractivity contribution is 0.0857. The van der Waals surface area contributed by atoms with Gasteiger partial charge in [-0.05, 0) is 38.6 Å². The molecule has 0 bridgehead atoms. The van der Waals surface area contributed by atoms with E-state index in [4.69, 9.17) is 0 Å². The molecule has 3 saturated heterocycles. The Morgan fingerprint density at radius 3 is 2.52 bits per heavy atom. The zero-order valence-corrected chi connectivity index (χ0v) is 12.9. The normalized spacial score (nSPS) is 38.6. The van der Waals surface area contributed by atoms with E-state index in [2.05, 4.69) is 20.4 Å². The lowest BCUT2D eigenvalue weighted by atomic mass is 9.89. The molecule has 4 aliphatic rings. The molecular formula is C16H28N4O. The van der Waals surface area contributed by atoms with Gasteiger partial charge in [0.05, 0.1) is 12.1 Å². The van der Waals surface area contributed by atoms with Crippen molar-refractivity contribution in [2.24, 2.45) is 0 Å². The van der Waals surface area contributed by atoms with Crippen molar-refractivity contribution in [2.45, 2.75) is 69.1 Å². The summed E-state index contributed by atoms with van der Waals surface area (Å²) in [6, 6.07) is 2.34. The summed E-state index contributed by atoms with van der Waals surface area (Å²) < 4.78 is 0. The van der Waals surface area contributed by atoms with Gasteiger partial charge in [-0.15, -0.1) is 0 Å². The fourth-order valence-electron chi connectivity index (χ4n) is 4.91. The molecule has 1 unspecified atom stereocenters. The van der Waals surface area contributed by atoms with Crippen molar-refractivity contribution >= 4 is 6.03 Å². The Labute approximate surface area is 127 Å². The Bertz CT molecular complexity index is 388. The number of fused-ring (bicyclic) bond motifs is 1. The SMILES string of the molecule is O=C1N[C@@H]2CCCC[C@H]2N1C1CCN(C2CCNC2)CC1. The first-order valence-electron chi connectivity index (χ1n) is 8.86. The van der Waals surface area contributed by atoms with Gasteiger partial charge in [-0.2, -0.15) is 0 Å². The number of carbonyl (C=O) groups excluding carboxylic acids is 1. The molecule has 0 radical (unpaired) electrons. The number of hydrogen-bond donors (Lipinski definition) is 2. The molecule has 0 aromatic heterocycles. The van der Waals surface area contributed by atoms with Crippen LogP contribution in [-0.4, -0.2) is 66.2 Å². The van der Waals surface area contributed by atoms with Crippen LogP contribution in [0.3, 0.4) is 0 Å². The van der Waals surface area contributed by atoms with Gasteiger partial charge in [0.25, 0.3) is 0 Å². The molecule has 0 spiro atoms. The molecule has 5 nitrogen and oxygen atoms in total. The highest BCUT2D eigenvalue weighted by Crippen LogP contribution is 2.32. The number of nitrogens with one attached hydrogen (secondary N) is 2. The minimum absolute atomic E-state index is 0.216. The maximum atomic E-state index is 12.4. The van der Waals surface area contributed by atoms with Crippen LogP contribution in [0.25, 0.3) is 0 Å². The second-order valence-electron chi connectivity index (χ2n) is 7.23. The second kappa shape index (κ2) is 5.76. The van der Waals surface area contributed by atoms with E-state index in [1.54, 1.807) is 0 Å². The van der Waals surface area contributed by atoms with E-state index < -0.39 is 0 Å². The van der Waals surface area contributed by atoms with Gasteiger partial charge in [-0.1, -0.05) is 12.8 Å². The summed E-state index contributed by atoms with van der Waals surface area (Å²) in [5, 5.41) is 6.70. The third-order valence-corrected chi connectivity index (χ3v) is 6.07. The topological polar surface area (TPSA) is 47.6 Å². The monoisotopic (exact) mass is 292 g/mol. The number of amides is 2. The lowest BCUT2D eigenvalue weighted by Crippen LogP contribution is -2.52. The first-order valence-corrected chi connectivity index (χ1v) is 8.86. The number of rotatable bonds is 2. The summed E-state index contributed by atoms with van der Waals surface area (Å²) in [7, 11) is 0. The average Bonchev–Trinajstić information content (AvgIpc) is 3.14. The zero-order valence-electron chi connectivity index (χ0n) is 12.9. The molecule has 0 aromatic carbocycles. The predicted molar refractivity (Wildman–Crippen MR) is 82.3 cm³/mol. The molecule has 4 fully saturated rings. The summed E-state index contributed by atoms with van der Waals surface area (Å²) >= 11 is 0. The van der Waals surface area contributed by atoms with Crippen LogP contribution < -0.4 is 10.6 Å². The molecule has 0 aromatic rings. The summed E-state index contributed by atoms with van der Waals surface area (Å²) in [5.74, 6) is 0. The molecule has 4 rings (SSSR count). The maximum Gasteiger partial charge on any atom is 0.318 e. The van der Waals surface area contributed by atoms with Crippen molar-refractivity contribution < 1.29 is 4.79 Å². The minimum atomic E-state index is 0.216. The largest absolute Gasteiger partial charge is 0.333 e. The van der Waals surface area contributed by atoms with Gasteiger partial charge < -0.3 is 15.5 Å². The zero-order chi connectivity index (χ0) is 14.2. The van der Waals surface area contributed by atoms with Crippen LogP contribution in [0.2, 0.25) is 0 Å². The van der Waals surface area contributed by atoms with Crippen molar-refractivity contribution in [1.29, 1.82) is 0 Å². The third kappa shape index (κ3) is 2.55. The van der Waals surface area contributed by atoms with Crippen LogP contribution >= 0.6 is 0 Å². The number of likely N-dealkylation sites (tertiary alicyclic amines) is 1. The highest BCUT2D eigenvalue weighted by Gasteiger charge is 2.44. The Morgan fingerprint density at radius 2 is 1.76 bits per heavy atom. The highest BCUT2D eigenvalue weighted by molar-refractivity contribution is 5.78. The summed E-state index contributed by atoms with van der Waals surface area (Å²) in [5.41, 5.74) is 0. The predicted octanol–water partition coefficient (Wildman–Crippen LogP) is 1.15. The van der Waals surface area contributed by atoms with Crippen LogP contribution in [-0.2, 0) is 0 Å². The molecule has 1 saturated carbocycles. The Balaban J connectivity index is 1.37. The molecule has 3 heterocycles. The van der Waals surface area contributed by atoms with E-state index in [9.17, 15) is 4.79 Å². The first kappa shape index (κ1) is 13.8. The summed E-state index contributed by atoms with van der Waals surface area (Å²) in [6.07, 6.45) is 8.57. The van der Waals surface area contributed by atoms with E-state index in [0.717, 1.165) is 38.5 Å². The van der Waals surface area contributed by atoms with Gasteiger partial charge in [-0.25, -0.2) is 4.79 Å². The Hall–Kier alpha value is -0.810. The number of urea groups is 1. The van der Waals surface area contributed by atoms with E-state index in [1.807, 2.05) is 0 Å². The van der Waals surface area contributed by atoms with E-state index >= 15 is 0 Å². The molecular weight excluding hydrogens is 264 g/mol. The van der Waals surface area contributed by atoms with E-state index in [0.29, 0.717) is 18.1 Å². The molecule has 1 aliphatic carbocycles. The molecule has 2 N–H and O–H groups in total. The maximum absolute atomic E-state index is 12.4. The van der Waals surface area contributed by atoms with E-state index in [1.165, 1.54) is 38.6 Å². The van der Waals surface area contributed by atoms with Gasteiger partial charge in [0, 0.05) is 31.7 Å². The summed E-state index contributed by atoms with van der Waals surface area (Å²) in [6.45, 7) is 4.65. The molecule has 3 aliphatic heterocycles. The van der Waals surface area contributed by atoms with Crippen molar-refractivity contribution in [1.82, 2.24) is 20.4 Å². The van der Waals surface area contributed by atoms with Gasteiger partial charge in [0.2, 0.25) is 0 Å². The van der Waals surface area contributed by atoms with Crippen LogP contribution in [0.5, 0.6) is 0 Å². The number of nitrogens with zero attached hydrogens (tertiary/aromatic N) is 2. The van der Waals surface area contributed by atoms with Crippen molar-refractivity contribution in [2.75, 3.05) is 26.2 Å². The average molecular weight is 292 g/mol. The molecule has 118 valence electrons. The van der Waals surface area contributed by atoms with Crippen LogP contribution in [0.4, 0.5) is 4.79 Å². The smallest absolute Gasteiger partial charge is 0.318 e. The van der Waals surface area contributed by atoms with Gasteiger partial charge in [0.15, 0.2) is 0 Å². The molecule has 5 heteroatoms. The Kier molecular flexibility index (Phi) is 3.79. The highest BCUT2D eigenvalue weighted by atomic mass is 16.2. The number of piperidine rings is 1. The molecule has 3 atom stereocenters. The van der Waals surface area contributed by atoms with Crippen molar-refractivity contribution in [3.05, 3.63) is 0 Å². The fourth-order valence-corrected chi connectivity index (χ4v) is 4.91. The van der Waals surface area contributed by atoms with Crippen molar-refractivity contribution in [3.63, 3.8) is 0 Å². The van der Waals surface area contributed by atoms with Gasteiger partial charge in [-0.3, -0.25) is 4.90 Å². The Morgan fingerprint density at radius 1 is 0.952 bits per heavy atom. The minimum Gasteiger partial charge on any atom is -0.333 e. The van der Waals surface area contributed by atoms with Crippen molar-refractivity contribution in [3.8, 4) is 0 Å². The molecule has 21 heavy (non-hydrogen) atoms. The van der Waals surface area contributed by atoms with Crippen LogP contribution in [0.15, 0.2) is 0 Å². The standard InChI is InChI=1S/C16H28N4O/c21-16-18-14-3-1-2-4-15(14)20(16)12-6-9-19(10-7-12)13-5-8-17-11-13/h12-15,17H,1-11H2,(H,18,21)/t13?,14-,15-/m1/s1. The van der Waals surface area contributed by atoms with Gasteiger partial charge in [0.1, 0.15) is 0 Å². The second-order valence-corrected chi connectivity index (χ2v) is 7.23. The number of carbonyl (C=O) groups is 1. The number of hydrogen-bond acceptors (Lipinski definition) is 3. The first-order chi connectivity index (χ1) is 10.3. The van der Waals surface area contributed by atoms with Crippen LogP contribution in [0, 0.1) is 0 Å². The lowest BCUT2D eigenvalue weighted by Gasteiger charge is -2.41. The van der Waals surface area contributed by atoms with E-state index in [-0.39, 0.29) is 6.03 Å². The van der Waals surface area contributed by atoms with Crippen LogP contribution in [0.1, 0.15) is 44.9 Å².